The molecule has 1 aliphatic heterocycles. The molecule has 1 atom stereocenters. The van der Waals surface area contributed by atoms with Gasteiger partial charge in [0.25, 0.3) is 10.0 Å². The number of hydrogen-bond acceptors (Lipinski definition) is 4. The summed E-state index contributed by atoms with van der Waals surface area (Å²) in [5.74, 6) is -0.294. The van der Waals surface area contributed by atoms with Crippen LogP contribution in [-0.2, 0) is 14.8 Å². The normalized spacial score (nSPS) is 17.0. The number of hydrogen-bond donors (Lipinski definition) is 1. The monoisotopic (exact) mass is 471 g/mol. The molecule has 1 amide bonds. The van der Waals surface area contributed by atoms with Gasteiger partial charge in [-0.3, -0.25) is 9.10 Å². The van der Waals surface area contributed by atoms with Crippen LogP contribution in [-0.4, -0.2) is 51.4 Å². The first-order valence-electron chi connectivity index (χ1n) is 12.0. The van der Waals surface area contributed by atoms with Crippen LogP contribution >= 0.6 is 0 Å². The second kappa shape index (κ2) is 11.7. The van der Waals surface area contributed by atoms with Gasteiger partial charge in [-0.1, -0.05) is 48.7 Å². The van der Waals surface area contributed by atoms with Crippen LogP contribution in [0.5, 0.6) is 0 Å². The van der Waals surface area contributed by atoms with Gasteiger partial charge in [0.15, 0.2) is 0 Å². The molecule has 0 radical (unpaired) electrons. The first-order chi connectivity index (χ1) is 15.8. The molecule has 7 heteroatoms. The molecule has 6 nitrogen and oxygen atoms in total. The number of benzene rings is 2. The van der Waals surface area contributed by atoms with Gasteiger partial charge < -0.3 is 10.2 Å². The fraction of sp³-hybridized carbons (Fsp3) is 0.500. The molecule has 1 N–H and O–H groups in total. The second-order valence-electron chi connectivity index (χ2n) is 8.96. The summed E-state index contributed by atoms with van der Waals surface area (Å²) in [6.07, 6.45) is 5.82. The third-order valence-corrected chi connectivity index (χ3v) is 8.17. The van der Waals surface area contributed by atoms with E-state index in [1.807, 2.05) is 26.0 Å². The lowest BCUT2D eigenvalue weighted by atomic mass is 10.00. The van der Waals surface area contributed by atoms with Gasteiger partial charge in [-0.25, -0.2) is 8.42 Å². The minimum absolute atomic E-state index is 0.178. The third kappa shape index (κ3) is 6.81. The first kappa shape index (κ1) is 25.2. The Hall–Kier alpha value is -2.38. The Labute approximate surface area is 199 Å². The molecule has 2 aromatic carbocycles. The Bertz CT molecular complexity index is 1000. The molecule has 3 rings (SSSR count). The van der Waals surface area contributed by atoms with Crippen LogP contribution in [0.2, 0.25) is 0 Å². The first-order valence-corrected chi connectivity index (χ1v) is 13.4. The van der Waals surface area contributed by atoms with Gasteiger partial charge in [0, 0.05) is 19.1 Å². The molecule has 0 spiro atoms. The number of amides is 1. The molecule has 2 aromatic rings. The summed E-state index contributed by atoms with van der Waals surface area (Å²) >= 11 is 0. The topological polar surface area (TPSA) is 69.7 Å². The van der Waals surface area contributed by atoms with Crippen molar-refractivity contribution in [2.24, 2.45) is 0 Å². The molecule has 1 aliphatic rings. The highest BCUT2D eigenvalue weighted by Crippen LogP contribution is 2.24. The molecule has 0 saturated carbocycles. The summed E-state index contributed by atoms with van der Waals surface area (Å²) < 4.78 is 28.0. The van der Waals surface area contributed by atoms with E-state index < -0.39 is 10.0 Å². The average molecular weight is 472 g/mol. The molecule has 1 unspecified atom stereocenters. The van der Waals surface area contributed by atoms with E-state index in [1.165, 1.54) is 23.6 Å². The number of carbonyl (C=O) groups excluding carboxylic acids is 1. The zero-order valence-corrected chi connectivity index (χ0v) is 20.9. The highest BCUT2D eigenvalue weighted by atomic mass is 32.2. The Morgan fingerprint density at radius 2 is 1.67 bits per heavy atom. The maximum atomic E-state index is 13.4. The number of rotatable bonds is 10. The van der Waals surface area contributed by atoms with Crippen molar-refractivity contribution in [1.82, 2.24) is 10.2 Å². The van der Waals surface area contributed by atoms with Crippen molar-refractivity contribution >= 4 is 21.6 Å². The van der Waals surface area contributed by atoms with E-state index in [0.29, 0.717) is 18.3 Å². The molecule has 1 saturated heterocycles. The molecular formula is C26H37N3O3S. The summed E-state index contributed by atoms with van der Waals surface area (Å²) in [7, 11) is -3.87. The SMILES string of the molecule is CCC1CCCCN1CCCNC(=O)CN(c1ccc(C)cc1)S(=O)(=O)c1ccc(C)cc1. The Balaban J connectivity index is 1.65. The van der Waals surface area contributed by atoms with Gasteiger partial charge in [0.2, 0.25) is 5.91 Å². The minimum atomic E-state index is -3.87. The van der Waals surface area contributed by atoms with Crippen molar-refractivity contribution in [3.63, 3.8) is 0 Å². The molecule has 180 valence electrons. The molecule has 33 heavy (non-hydrogen) atoms. The van der Waals surface area contributed by atoms with E-state index in [0.717, 1.165) is 37.1 Å². The quantitative estimate of drug-likeness (QED) is 0.526. The number of sulfonamides is 1. The molecule has 1 heterocycles. The summed E-state index contributed by atoms with van der Waals surface area (Å²) in [6, 6.07) is 14.6. The number of anilines is 1. The highest BCUT2D eigenvalue weighted by Gasteiger charge is 2.27. The van der Waals surface area contributed by atoms with Gasteiger partial charge in [0.05, 0.1) is 10.6 Å². The van der Waals surface area contributed by atoms with E-state index in [-0.39, 0.29) is 17.3 Å². The van der Waals surface area contributed by atoms with Crippen molar-refractivity contribution in [1.29, 1.82) is 0 Å². The van der Waals surface area contributed by atoms with E-state index in [2.05, 4.69) is 17.1 Å². The van der Waals surface area contributed by atoms with Crippen LogP contribution in [0.3, 0.4) is 0 Å². The van der Waals surface area contributed by atoms with E-state index in [9.17, 15) is 13.2 Å². The summed E-state index contributed by atoms with van der Waals surface area (Å²) in [5.41, 5.74) is 2.49. The molecule has 0 aromatic heterocycles. The fourth-order valence-electron chi connectivity index (χ4n) is 4.38. The fourth-order valence-corrected chi connectivity index (χ4v) is 5.80. The number of nitrogens with zero attached hydrogens (tertiary/aromatic N) is 2. The predicted octanol–water partition coefficient (Wildman–Crippen LogP) is 4.27. The Kier molecular flexibility index (Phi) is 8.92. The molecular weight excluding hydrogens is 434 g/mol. The zero-order chi connectivity index (χ0) is 23.8. The Morgan fingerprint density at radius 1 is 1.03 bits per heavy atom. The lowest BCUT2D eigenvalue weighted by Gasteiger charge is -2.35. The van der Waals surface area contributed by atoms with Gasteiger partial charge in [-0.05, 0) is 70.3 Å². The van der Waals surface area contributed by atoms with Crippen molar-refractivity contribution in [3.05, 3.63) is 59.7 Å². The lowest BCUT2D eigenvalue weighted by molar-refractivity contribution is -0.119. The van der Waals surface area contributed by atoms with Crippen LogP contribution in [0.25, 0.3) is 0 Å². The largest absolute Gasteiger partial charge is 0.354 e. The van der Waals surface area contributed by atoms with Gasteiger partial charge in [-0.15, -0.1) is 0 Å². The number of nitrogens with one attached hydrogen (secondary N) is 1. The van der Waals surface area contributed by atoms with Crippen molar-refractivity contribution < 1.29 is 13.2 Å². The number of aryl methyl sites for hydroxylation is 2. The standard InChI is InChI=1S/C26H37N3O3S/c1-4-23-8-5-6-18-28(23)19-7-17-27-26(30)20-29(24-13-9-21(2)10-14-24)33(31,32)25-15-11-22(3)12-16-25/h9-16,23H,4-8,17-20H2,1-3H3,(H,27,30). The number of likely N-dealkylation sites (tertiary alicyclic amines) is 1. The average Bonchev–Trinajstić information content (AvgIpc) is 2.81. The molecule has 0 bridgehead atoms. The summed E-state index contributed by atoms with van der Waals surface area (Å²) in [4.78, 5) is 15.5. The van der Waals surface area contributed by atoms with Crippen LogP contribution < -0.4 is 9.62 Å². The van der Waals surface area contributed by atoms with Gasteiger partial charge >= 0.3 is 0 Å². The third-order valence-electron chi connectivity index (χ3n) is 6.38. The van der Waals surface area contributed by atoms with Crippen LogP contribution in [0, 0.1) is 13.8 Å². The predicted molar refractivity (Wildman–Crippen MR) is 134 cm³/mol. The molecule has 1 fully saturated rings. The van der Waals surface area contributed by atoms with E-state index >= 15 is 0 Å². The van der Waals surface area contributed by atoms with Crippen molar-refractivity contribution in [3.8, 4) is 0 Å². The van der Waals surface area contributed by atoms with Gasteiger partial charge in [0.1, 0.15) is 6.54 Å². The lowest BCUT2D eigenvalue weighted by Crippen LogP contribution is -2.43. The number of piperidine rings is 1. The number of carbonyl (C=O) groups is 1. The smallest absolute Gasteiger partial charge is 0.264 e. The summed E-state index contributed by atoms with van der Waals surface area (Å²) in [5, 5.41) is 2.93. The maximum absolute atomic E-state index is 13.4. The highest BCUT2D eigenvalue weighted by molar-refractivity contribution is 7.92. The van der Waals surface area contributed by atoms with Crippen LogP contribution in [0.15, 0.2) is 53.4 Å². The van der Waals surface area contributed by atoms with Crippen LogP contribution in [0.1, 0.15) is 50.2 Å². The summed E-state index contributed by atoms with van der Waals surface area (Å²) in [6.45, 7) is 8.47. The van der Waals surface area contributed by atoms with E-state index in [1.54, 1.807) is 36.4 Å². The van der Waals surface area contributed by atoms with Crippen LogP contribution in [0.4, 0.5) is 5.69 Å². The minimum Gasteiger partial charge on any atom is -0.354 e. The van der Waals surface area contributed by atoms with E-state index in [4.69, 9.17) is 0 Å². The second-order valence-corrected chi connectivity index (χ2v) is 10.8. The van der Waals surface area contributed by atoms with Crippen molar-refractivity contribution in [2.75, 3.05) is 30.5 Å². The Morgan fingerprint density at radius 3 is 2.30 bits per heavy atom. The zero-order valence-electron chi connectivity index (χ0n) is 20.1. The molecule has 0 aliphatic carbocycles. The van der Waals surface area contributed by atoms with Crippen molar-refractivity contribution in [2.45, 2.75) is 63.8 Å². The van der Waals surface area contributed by atoms with Gasteiger partial charge in [-0.2, -0.15) is 0 Å². The maximum Gasteiger partial charge on any atom is 0.264 e.